The Balaban J connectivity index is 1.29. The van der Waals surface area contributed by atoms with Gasteiger partial charge in [-0.2, -0.15) is 0 Å². The number of rotatable bonds is 5. The number of fused-ring (bicyclic) bond motifs is 1. The Labute approximate surface area is 199 Å². The number of methoxy groups -OCH3 is 1. The van der Waals surface area contributed by atoms with Crippen molar-refractivity contribution < 1.29 is 28.6 Å². The summed E-state index contributed by atoms with van der Waals surface area (Å²) >= 11 is 0. The van der Waals surface area contributed by atoms with Crippen LogP contribution in [-0.4, -0.2) is 49.2 Å². The van der Waals surface area contributed by atoms with Gasteiger partial charge in [-0.25, -0.2) is 0 Å². The molecule has 4 saturated carbocycles. The van der Waals surface area contributed by atoms with E-state index in [2.05, 4.69) is 16.3 Å². The molecule has 8 heteroatoms. The fourth-order valence-electron chi connectivity index (χ4n) is 8.00. The monoisotopic (exact) mass is 468 g/mol. The number of nitrogens with one attached hydrogen (secondary N) is 1. The minimum Gasteiger partial charge on any atom is -0.468 e. The van der Waals surface area contributed by atoms with Crippen LogP contribution in [0.4, 0.5) is 0 Å². The molecule has 3 unspecified atom stereocenters. The number of hydrogen-bond acceptors (Lipinski definition) is 6. The van der Waals surface area contributed by atoms with E-state index in [1.807, 2.05) is 26.0 Å². The van der Waals surface area contributed by atoms with Crippen LogP contribution in [0.1, 0.15) is 57.6 Å². The minimum atomic E-state index is -0.523. The maximum Gasteiger partial charge on any atom is 0.325 e. The van der Waals surface area contributed by atoms with Crippen LogP contribution in [0.15, 0.2) is 18.2 Å². The normalized spacial score (nSPS) is 36.3. The maximum atomic E-state index is 13.5. The zero-order valence-corrected chi connectivity index (χ0v) is 20.0. The molecule has 2 amide bonds. The van der Waals surface area contributed by atoms with Gasteiger partial charge < -0.3 is 24.4 Å². The molecule has 3 atom stereocenters. The van der Waals surface area contributed by atoms with E-state index in [9.17, 15) is 14.4 Å². The number of nitrogens with zero attached hydrogens (tertiary/aromatic N) is 1. The molecule has 0 radical (unpaired) electrons. The molecule has 34 heavy (non-hydrogen) atoms. The minimum absolute atomic E-state index is 0.0333. The molecule has 1 saturated heterocycles. The Morgan fingerprint density at radius 3 is 2.59 bits per heavy atom. The maximum absolute atomic E-state index is 13.5. The van der Waals surface area contributed by atoms with Gasteiger partial charge in [0.2, 0.25) is 18.6 Å². The summed E-state index contributed by atoms with van der Waals surface area (Å²) < 4.78 is 16.1. The molecule has 2 aliphatic heterocycles. The van der Waals surface area contributed by atoms with E-state index >= 15 is 0 Å². The number of amides is 2. The fraction of sp³-hybridized carbons (Fsp3) is 0.654. The number of carbonyl (C=O) groups is 3. The predicted octanol–water partition coefficient (Wildman–Crippen LogP) is 2.81. The summed E-state index contributed by atoms with van der Waals surface area (Å²) in [5, 5.41) is 2.82. The van der Waals surface area contributed by atoms with Crippen LogP contribution in [0.25, 0.3) is 0 Å². The van der Waals surface area contributed by atoms with Crippen molar-refractivity contribution in [2.75, 3.05) is 20.4 Å². The van der Waals surface area contributed by atoms with Gasteiger partial charge in [-0.3, -0.25) is 14.4 Å². The van der Waals surface area contributed by atoms with E-state index in [-0.39, 0.29) is 49.1 Å². The van der Waals surface area contributed by atoms with E-state index in [4.69, 9.17) is 14.2 Å². The molecule has 1 aromatic carbocycles. The summed E-state index contributed by atoms with van der Waals surface area (Å²) in [6, 6.07) is 5.97. The van der Waals surface area contributed by atoms with Crippen LogP contribution >= 0.6 is 0 Å². The molecule has 6 aliphatic rings. The molecule has 0 spiro atoms. The number of likely N-dealkylation sites (tertiary alicyclic amines) is 1. The zero-order chi connectivity index (χ0) is 23.8. The zero-order valence-electron chi connectivity index (χ0n) is 20.0. The molecule has 4 aliphatic carbocycles. The van der Waals surface area contributed by atoms with E-state index < -0.39 is 16.8 Å². The summed E-state index contributed by atoms with van der Waals surface area (Å²) in [6.45, 7) is 4.14. The average molecular weight is 469 g/mol. The van der Waals surface area contributed by atoms with Gasteiger partial charge in [0.15, 0.2) is 11.5 Å². The van der Waals surface area contributed by atoms with E-state index in [1.54, 1.807) is 0 Å². The van der Waals surface area contributed by atoms with Gasteiger partial charge in [-0.05, 0) is 69.8 Å². The summed E-state index contributed by atoms with van der Waals surface area (Å²) in [5.41, 5.74) is 0.0508. The lowest BCUT2D eigenvalue weighted by atomic mass is 9.46. The molecule has 0 aromatic heterocycles. The third kappa shape index (κ3) is 2.93. The van der Waals surface area contributed by atoms with Gasteiger partial charge in [0.25, 0.3) is 0 Å². The first-order valence-corrected chi connectivity index (χ1v) is 12.3. The fourth-order valence-corrected chi connectivity index (χ4v) is 8.00. The number of para-hydroxylation sites is 1. The van der Waals surface area contributed by atoms with Crippen LogP contribution in [0, 0.1) is 28.6 Å². The Bertz CT molecular complexity index is 1050. The van der Waals surface area contributed by atoms with Gasteiger partial charge in [0.1, 0.15) is 6.54 Å². The van der Waals surface area contributed by atoms with Crippen LogP contribution in [-0.2, 0) is 19.1 Å². The van der Waals surface area contributed by atoms with Crippen molar-refractivity contribution in [3.05, 3.63) is 23.8 Å². The Hall–Kier alpha value is -2.77. The molecule has 5 fully saturated rings. The van der Waals surface area contributed by atoms with Crippen molar-refractivity contribution in [3.8, 4) is 11.5 Å². The van der Waals surface area contributed by atoms with Gasteiger partial charge in [-0.1, -0.05) is 12.1 Å². The highest BCUT2D eigenvalue weighted by molar-refractivity contribution is 5.91. The standard InChI is InChI=1S/C26H32N2O6/c1-25(2)22(17-5-4-6-18-21(17)34-13-33-18)28(24(25)31)20-15-7-14-8-16(20)11-26(9-14,10-15)23(30)27-12-19(29)32-3/h4-6,14-16,20,22H,7-13H2,1-3H3,(H,27,30). The molecular weight excluding hydrogens is 436 g/mol. The Morgan fingerprint density at radius 2 is 1.88 bits per heavy atom. The predicted molar refractivity (Wildman–Crippen MR) is 121 cm³/mol. The van der Waals surface area contributed by atoms with Crippen molar-refractivity contribution in [1.29, 1.82) is 0 Å². The van der Waals surface area contributed by atoms with E-state index in [0.717, 1.165) is 49.2 Å². The molecule has 1 aromatic rings. The van der Waals surface area contributed by atoms with Crippen LogP contribution in [0.3, 0.4) is 0 Å². The number of esters is 1. The second kappa shape index (κ2) is 7.36. The smallest absolute Gasteiger partial charge is 0.325 e. The quantitative estimate of drug-likeness (QED) is 0.528. The first kappa shape index (κ1) is 21.7. The highest BCUT2D eigenvalue weighted by atomic mass is 16.7. The van der Waals surface area contributed by atoms with Gasteiger partial charge >= 0.3 is 5.97 Å². The van der Waals surface area contributed by atoms with Crippen molar-refractivity contribution in [2.24, 2.45) is 28.6 Å². The first-order chi connectivity index (χ1) is 16.2. The summed E-state index contributed by atoms with van der Waals surface area (Å²) in [6.07, 6.45) is 4.51. The highest BCUT2D eigenvalue weighted by Crippen LogP contribution is 2.65. The summed E-state index contributed by atoms with van der Waals surface area (Å²) in [7, 11) is 1.32. The average Bonchev–Trinajstić information content (AvgIpc) is 3.30. The number of benzene rings is 1. The molecule has 182 valence electrons. The third-order valence-corrected chi connectivity index (χ3v) is 9.12. The molecule has 1 N–H and O–H groups in total. The molecule has 8 nitrogen and oxygen atoms in total. The Morgan fingerprint density at radius 1 is 1.15 bits per heavy atom. The lowest BCUT2D eigenvalue weighted by Crippen LogP contribution is -2.71. The Kier molecular flexibility index (Phi) is 4.71. The molecule has 2 heterocycles. The molecular formula is C26H32N2O6. The topological polar surface area (TPSA) is 94.2 Å². The van der Waals surface area contributed by atoms with E-state index in [0.29, 0.717) is 5.92 Å². The summed E-state index contributed by atoms with van der Waals surface area (Å²) in [5.74, 6) is 2.26. The number of hydrogen-bond donors (Lipinski definition) is 1. The van der Waals surface area contributed by atoms with E-state index in [1.165, 1.54) is 7.11 Å². The largest absolute Gasteiger partial charge is 0.468 e. The number of ether oxygens (including phenoxy) is 3. The first-order valence-electron chi connectivity index (χ1n) is 12.3. The lowest BCUT2D eigenvalue weighted by molar-refractivity contribution is -0.199. The van der Waals surface area contributed by atoms with Crippen molar-refractivity contribution >= 4 is 17.8 Å². The molecule has 4 bridgehead atoms. The highest BCUT2D eigenvalue weighted by Gasteiger charge is 2.66. The molecule has 7 rings (SSSR count). The van der Waals surface area contributed by atoms with Gasteiger partial charge in [0, 0.05) is 11.6 Å². The summed E-state index contributed by atoms with van der Waals surface area (Å²) in [4.78, 5) is 40.5. The van der Waals surface area contributed by atoms with Crippen LogP contribution in [0.5, 0.6) is 11.5 Å². The van der Waals surface area contributed by atoms with Crippen LogP contribution < -0.4 is 14.8 Å². The van der Waals surface area contributed by atoms with Crippen molar-refractivity contribution in [1.82, 2.24) is 10.2 Å². The number of carbonyl (C=O) groups excluding carboxylic acids is 3. The SMILES string of the molecule is COC(=O)CNC(=O)C12CC3CC(C1)C(N1C(=O)C(C)(C)C1c1cccc4c1OCO4)C(C3)C2. The second-order valence-electron chi connectivity index (χ2n) is 11.4. The number of β-lactam (4-membered cyclic amide) rings is 1. The van der Waals surface area contributed by atoms with Gasteiger partial charge in [0.05, 0.1) is 24.0 Å². The van der Waals surface area contributed by atoms with Gasteiger partial charge in [-0.15, -0.1) is 0 Å². The lowest BCUT2D eigenvalue weighted by Gasteiger charge is -2.66. The van der Waals surface area contributed by atoms with Crippen LogP contribution in [0.2, 0.25) is 0 Å². The second-order valence-corrected chi connectivity index (χ2v) is 11.4. The van der Waals surface area contributed by atoms with Crippen molar-refractivity contribution in [2.45, 2.75) is 58.0 Å². The third-order valence-electron chi connectivity index (χ3n) is 9.12. The van der Waals surface area contributed by atoms with Crippen molar-refractivity contribution in [3.63, 3.8) is 0 Å².